The van der Waals surface area contributed by atoms with Gasteiger partial charge in [-0.2, -0.15) is 0 Å². The number of carbonyl (C=O) groups excluding carboxylic acids is 1. The monoisotopic (exact) mass is 280 g/mol. The van der Waals surface area contributed by atoms with Crippen LogP contribution in [0.4, 0.5) is 0 Å². The number of nitrogens with zero attached hydrogens (tertiary/aromatic N) is 1. The van der Waals surface area contributed by atoms with Gasteiger partial charge in [-0.05, 0) is 36.0 Å². The SMILES string of the molecule is CC(C)[C@@H]1CC[C@@H](C)C[C@]12N[C@@H](C(C)(C)C)C(=O)N2C. The number of hydrogen-bond acceptors (Lipinski definition) is 2. The summed E-state index contributed by atoms with van der Waals surface area (Å²) >= 11 is 0. The van der Waals surface area contributed by atoms with Crippen molar-refractivity contribution >= 4 is 5.91 Å². The summed E-state index contributed by atoms with van der Waals surface area (Å²) in [5.74, 6) is 2.12. The van der Waals surface area contributed by atoms with Crippen molar-refractivity contribution in [2.24, 2.45) is 23.2 Å². The molecule has 1 aliphatic carbocycles. The van der Waals surface area contributed by atoms with Crippen LogP contribution in [-0.2, 0) is 4.79 Å². The van der Waals surface area contributed by atoms with E-state index in [-0.39, 0.29) is 23.0 Å². The lowest BCUT2D eigenvalue weighted by Gasteiger charge is -2.50. The van der Waals surface area contributed by atoms with Gasteiger partial charge in [0.15, 0.2) is 0 Å². The highest BCUT2D eigenvalue weighted by Gasteiger charge is 2.57. The first-order chi connectivity index (χ1) is 9.09. The molecular formula is C17H32N2O. The van der Waals surface area contributed by atoms with E-state index in [2.05, 4.69) is 46.9 Å². The van der Waals surface area contributed by atoms with Crippen LogP contribution in [0, 0.1) is 23.2 Å². The Kier molecular flexibility index (Phi) is 3.96. The van der Waals surface area contributed by atoms with Crippen LogP contribution in [0.3, 0.4) is 0 Å². The first kappa shape index (κ1) is 15.8. The Labute approximate surface area is 124 Å². The molecule has 2 aliphatic rings. The van der Waals surface area contributed by atoms with E-state index in [1.807, 2.05) is 11.9 Å². The van der Waals surface area contributed by atoms with Gasteiger partial charge in [0.05, 0.1) is 11.7 Å². The molecule has 1 saturated heterocycles. The summed E-state index contributed by atoms with van der Waals surface area (Å²) in [7, 11) is 2.01. The van der Waals surface area contributed by atoms with Gasteiger partial charge in [0.2, 0.25) is 5.91 Å². The quantitative estimate of drug-likeness (QED) is 0.799. The highest BCUT2D eigenvalue weighted by atomic mass is 16.2. The van der Waals surface area contributed by atoms with Gasteiger partial charge in [0.25, 0.3) is 0 Å². The van der Waals surface area contributed by atoms with E-state index in [0.29, 0.717) is 17.8 Å². The molecule has 3 heteroatoms. The van der Waals surface area contributed by atoms with Crippen LogP contribution in [-0.4, -0.2) is 29.6 Å². The van der Waals surface area contributed by atoms with Crippen molar-refractivity contribution in [2.75, 3.05) is 7.05 Å². The minimum absolute atomic E-state index is 0.0307. The zero-order chi connectivity index (χ0) is 15.3. The minimum Gasteiger partial charge on any atom is -0.326 e. The average molecular weight is 280 g/mol. The van der Waals surface area contributed by atoms with Crippen molar-refractivity contribution in [1.29, 1.82) is 0 Å². The molecule has 3 nitrogen and oxygen atoms in total. The molecule has 4 atom stereocenters. The lowest BCUT2D eigenvalue weighted by Crippen LogP contribution is -2.61. The number of hydrogen-bond donors (Lipinski definition) is 1. The minimum atomic E-state index is -0.124. The normalized spacial score (nSPS) is 39.1. The van der Waals surface area contributed by atoms with Crippen LogP contribution in [0.5, 0.6) is 0 Å². The molecule has 20 heavy (non-hydrogen) atoms. The average Bonchev–Trinajstić information content (AvgIpc) is 2.54. The molecule has 0 bridgehead atoms. The highest BCUT2D eigenvalue weighted by Crippen LogP contribution is 2.46. The largest absolute Gasteiger partial charge is 0.326 e. The molecule has 2 fully saturated rings. The Bertz CT molecular complexity index is 385. The fraction of sp³-hybridized carbons (Fsp3) is 0.941. The van der Waals surface area contributed by atoms with Crippen LogP contribution < -0.4 is 5.32 Å². The topological polar surface area (TPSA) is 32.3 Å². The Morgan fingerprint density at radius 3 is 2.35 bits per heavy atom. The van der Waals surface area contributed by atoms with Gasteiger partial charge in [0.1, 0.15) is 0 Å². The van der Waals surface area contributed by atoms with Crippen molar-refractivity contribution in [3.63, 3.8) is 0 Å². The lowest BCUT2D eigenvalue weighted by molar-refractivity contribution is -0.135. The summed E-state index contributed by atoms with van der Waals surface area (Å²) in [5.41, 5.74) is -0.155. The Balaban J connectivity index is 2.38. The summed E-state index contributed by atoms with van der Waals surface area (Å²) in [6.45, 7) is 13.4. The van der Waals surface area contributed by atoms with E-state index in [1.54, 1.807) is 0 Å². The molecule has 0 aromatic heterocycles. The first-order valence-electron chi connectivity index (χ1n) is 8.15. The maximum Gasteiger partial charge on any atom is 0.241 e. The van der Waals surface area contributed by atoms with Crippen LogP contribution in [0.2, 0.25) is 0 Å². The van der Waals surface area contributed by atoms with Gasteiger partial charge in [-0.1, -0.05) is 48.0 Å². The second-order valence-corrected chi connectivity index (χ2v) is 8.50. The molecule has 1 aliphatic heterocycles. The summed E-state index contributed by atoms with van der Waals surface area (Å²) in [6, 6.07) is -0.0564. The van der Waals surface area contributed by atoms with Gasteiger partial charge in [0, 0.05) is 7.05 Å². The third-order valence-corrected chi connectivity index (χ3v) is 5.48. The number of amides is 1. The number of nitrogens with one attached hydrogen (secondary N) is 1. The zero-order valence-corrected chi connectivity index (χ0v) is 14.3. The fourth-order valence-electron chi connectivity index (χ4n) is 4.31. The smallest absolute Gasteiger partial charge is 0.241 e. The predicted molar refractivity (Wildman–Crippen MR) is 83.2 cm³/mol. The third-order valence-electron chi connectivity index (χ3n) is 5.48. The number of carbonyl (C=O) groups is 1. The molecule has 116 valence electrons. The van der Waals surface area contributed by atoms with Crippen molar-refractivity contribution in [2.45, 2.75) is 72.5 Å². The maximum absolute atomic E-state index is 12.8. The lowest BCUT2D eigenvalue weighted by atomic mass is 9.69. The van der Waals surface area contributed by atoms with E-state index in [9.17, 15) is 4.79 Å². The van der Waals surface area contributed by atoms with E-state index in [1.165, 1.54) is 12.8 Å². The van der Waals surface area contributed by atoms with E-state index < -0.39 is 0 Å². The number of likely N-dealkylation sites (N-methyl/N-ethyl adjacent to an activating group) is 1. The van der Waals surface area contributed by atoms with E-state index >= 15 is 0 Å². The van der Waals surface area contributed by atoms with E-state index in [4.69, 9.17) is 0 Å². The van der Waals surface area contributed by atoms with Gasteiger partial charge in [-0.15, -0.1) is 0 Å². The van der Waals surface area contributed by atoms with Gasteiger partial charge in [-0.3, -0.25) is 10.1 Å². The molecule has 1 heterocycles. The van der Waals surface area contributed by atoms with Crippen LogP contribution >= 0.6 is 0 Å². The fourth-order valence-corrected chi connectivity index (χ4v) is 4.31. The summed E-state index contributed by atoms with van der Waals surface area (Å²) in [6.07, 6.45) is 3.60. The van der Waals surface area contributed by atoms with Crippen LogP contribution in [0.25, 0.3) is 0 Å². The highest BCUT2D eigenvalue weighted by molar-refractivity contribution is 5.85. The molecule has 1 amide bonds. The molecule has 1 spiro atoms. The van der Waals surface area contributed by atoms with Gasteiger partial charge >= 0.3 is 0 Å². The van der Waals surface area contributed by atoms with Crippen molar-refractivity contribution < 1.29 is 4.79 Å². The van der Waals surface area contributed by atoms with Crippen LogP contribution in [0.1, 0.15) is 60.8 Å². The molecule has 0 unspecified atom stereocenters. The van der Waals surface area contributed by atoms with Crippen molar-refractivity contribution in [3.05, 3.63) is 0 Å². The van der Waals surface area contributed by atoms with Crippen molar-refractivity contribution in [3.8, 4) is 0 Å². The van der Waals surface area contributed by atoms with Gasteiger partial charge in [-0.25, -0.2) is 0 Å². The molecule has 0 aromatic rings. The zero-order valence-electron chi connectivity index (χ0n) is 14.3. The molecular weight excluding hydrogens is 248 g/mol. The molecule has 0 aromatic carbocycles. The summed E-state index contributed by atoms with van der Waals surface area (Å²) in [4.78, 5) is 14.8. The Morgan fingerprint density at radius 1 is 1.30 bits per heavy atom. The standard InChI is InChI=1S/C17H32N2O/c1-11(2)13-9-8-12(3)10-17(13)18-14(16(4,5)6)15(20)19(17)7/h11-14,18H,8-10H2,1-7H3/t12-,13+,14-,17-/m1/s1. The van der Waals surface area contributed by atoms with Crippen molar-refractivity contribution in [1.82, 2.24) is 10.2 Å². The Hall–Kier alpha value is -0.570. The summed E-state index contributed by atoms with van der Waals surface area (Å²) < 4.78 is 0. The predicted octanol–water partition coefficient (Wildman–Crippen LogP) is 3.25. The number of rotatable bonds is 1. The summed E-state index contributed by atoms with van der Waals surface area (Å²) in [5, 5.41) is 3.78. The first-order valence-corrected chi connectivity index (χ1v) is 8.15. The van der Waals surface area contributed by atoms with E-state index in [0.717, 1.165) is 6.42 Å². The molecule has 1 saturated carbocycles. The van der Waals surface area contributed by atoms with Crippen LogP contribution in [0.15, 0.2) is 0 Å². The van der Waals surface area contributed by atoms with Gasteiger partial charge < -0.3 is 4.90 Å². The third kappa shape index (κ3) is 2.38. The second-order valence-electron chi connectivity index (χ2n) is 8.50. The molecule has 2 rings (SSSR count). The Morgan fingerprint density at radius 2 is 1.90 bits per heavy atom. The maximum atomic E-state index is 12.8. The second kappa shape index (κ2) is 5.01. The molecule has 0 radical (unpaired) electrons. The molecule has 1 N–H and O–H groups in total.